The Bertz CT molecular complexity index is 711. The molecule has 3 rings (SSSR count). The van der Waals surface area contributed by atoms with E-state index in [4.69, 9.17) is 4.74 Å². The smallest absolute Gasteiger partial charge is 0.254 e. The highest BCUT2D eigenvalue weighted by Gasteiger charge is 2.23. The number of nitrogens with zero attached hydrogens (tertiary/aromatic N) is 1. The molecule has 1 amide bonds. The number of hydrogen-bond acceptors (Lipinski definition) is 4. The molecule has 0 saturated heterocycles. The van der Waals surface area contributed by atoms with Crippen molar-refractivity contribution >= 4 is 5.91 Å². The van der Waals surface area contributed by atoms with Gasteiger partial charge in [0.15, 0.2) is 0 Å². The molecule has 2 N–H and O–H groups in total. The predicted molar refractivity (Wildman–Crippen MR) is 87.2 cm³/mol. The largest absolute Gasteiger partial charge is 0.492 e. The summed E-state index contributed by atoms with van der Waals surface area (Å²) in [5.41, 5.74) is 2.92. The zero-order valence-corrected chi connectivity index (χ0v) is 13.1. The number of carbonyl (C=O) groups is 1. The Labute approximate surface area is 135 Å². The third-order valence-electron chi connectivity index (χ3n) is 4.02. The van der Waals surface area contributed by atoms with Crippen LogP contribution in [0, 0.1) is 5.92 Å². The van der Waals surface area contributed by atoms with Gasteiger partial charge in [0.2, 0.25) is 0 Å². The molecule has 5 heteroatoms. The fourth-order valence-corrected chi connectivity index (χ4v) is 2.45. The lowest BCUT2D eigenvalue weighted by atomic mass is 9.99. The highest BCUT2D eigenvalue weighted by Crippen LogP contribution is 2.32. The second-order valence-corrected chi connectivity index (χ2v) is 5.74. The molecule has 0 atom stereocenters. The van der Waals surface area contributed by atoms with Crippen LogP contribution in [0.1, 0.15) is 28.8 Å². The lowest BCUT2D eigenvalue weighted by molar-refractivity contribution is 0.0959. The normalized spacial score (nSPS) is 13.7. The van der Waals surface area contributed by atoms with Gasteiger partial charge in [-0.05, 0) is 48.1 Å². The van der Waals surface area contributed by atoms with Crippen molar-refractivity contribution in [3.8, 4) is 16.9 Å². The van der Waals surface area contributed by atoms with Crippen LogP contribution in [-0.2, 0) is 6.61 Å². The minimum absolute atomic E-state index is 0.0763. The van der Waals surface area contributed by atoms with Gasteiger partial charge in [0, 0.05) is 25.0 Å². The van der Waals surface area contributed by atoms with E-state index in [0.29, 0.717) is 23.8 Å². The molecule has 0 spiro atoms. The van der Waals surface area contributed by atoms with Crippen molar-refractivity contribution in [1.82, 2.24) is 10.3 Å². The molecule has 1 aliphatic carbocycles. The highest BCUT2D eigenvalue weighted by molar-refractivity contribution is 5.98. The second-order valence-electron chi connectivity index (χ2n) is 5.74. The van der Waals surface area contributed by atoms with E-state index in [9.17, 15) is 9.90 Å². The van der Waals surface area contributed by atoms with Gasteiger partial charge in [0.25, 0.3) is 5.91 Å². The number of benzene rings is 1. The van der Waals surface area contributed by atoms with Crippen LogP contribution >= 0.6 is 0 Å². The molecular weight excluding hydrogens is 292 g/mol. The molecule has 1 heterocycles. The first-order chi connectivity index (χ1) is 11.2. The molecule has 1 fully saturated rings. The van der Waals surface area contributed by atoms with E-state index in [1.165, 1.54) is 12.8 Å². The zero-order valence-electron chi connectivity index (χ0n) is 13.1. The molecule has 0 unspecified atom stereocenters. The fourth-order valence-electron chi connectivity index (χ4n) is 2.45. The van der Waals surface area contributed by atoms with E-state index in [-0.39, 0.29) is 12.5 Å². The SMILES string of the molecule is CNC(=O)c1cc(-c2cnccc2CO)ccc1OCC1CC1. The van der Waals surface area contributed by atoms with Crippen LogP contribution in [0.15, 0.2) is 36.7 Å². The highest BCUT2D eigenvalue weighted by atomic mass is 16.5. The summed E-state index contributed by atoms with van der Waals surface area (Å²) in [5, 5.41) is 12.1. The van der Waals surface area contributed by atoms with Crippen LogP contribution in [0.2, 0.25) is 0 Å². The number of pyridine rings is 1. The molecule has 2 aromatic rings. The van der Waals surface area contributed by atoms with E-state index in [1.54, 1.807) is 31.6 Å². The van der Waals surface area contributed by atoms with Crippen LogP contribution in [-0.4, -0.2) is 29.7 Å². The van der Waals surface area contributed by atoms with Crippen LogP contribution in [0.25, 0.3) is 11.1 Å². The Balaban J connectivity index is 1.96. The fraction of sp³-hybridized carbons (Fsp3) is 0.333. The first-order valence-electron chi connectivity index (χ1n) is 7.76. The van der Waals surface area contributed by atoms with Crippen molar-refractivity contribution in [3.63, 3.8) is 0 Å². The Morgan fingerprint density at radius 3 is 2.91 bits per heavy atom. The Hall–Kier alpha value is -2.40. The minimum atomic E-state index is -0.188. The first-order valence-corrected chi connectivity index (χ1v) is 7.76. The molecular formula is C18H20N2O3. The molecule has 1 saturated carbocycles. The van der Waals surface area contributed by atoms with Crippen LogP contribution in [0.4, 0.5) is 0 Å². The van der Waals surface area contributed by atoms with Gasteiger partial charge in [0.05, 0.1) is 18.8 Å². The summed E-state index contributed by atoms with van der Waals surface area (Å²) in [6.07, 6.45) is 5.73. The number of rotatable bonds is 6. The number of aromatic nitrogens is 1. The van der Waals surface area contributed by atoms with Crippen molar-refractivity contribution in [2.75, 3.05) is 13.7 Å². The topological polar surface area (TPSA) is 71.5 Å². The average molecular weight is 312 g/mol. The summed E-state index contributed by atoms with van der Waals surface area (Å²) in [5.74, 6) is 1.02. The van der Waals surface area contributed by atoms with Crippen LogP contribution in [0.5, 0.6) is 5.75 Å². The number of amides is 1. The van der Waals surface area contributed by atoms with Crippen molar-refractivity contribution in [2.45, 2.75) is 19.4 Å². The maximum atomic E-state index is 12.2. The van der Waals surface area contributed by atoms with Gasteiger partial charge in [-0.3, -0.25) is 9.78 Å². The standard InChI is InChI=1S/C18H20N2O3/c1-19-18(22)15-8-13(16-9-20-7-6-14(16)10-21)4-5-17(15)23-11-12-2-3-12/h4-9,12,21H,2-3,10-11H2,1H3,(H,19,22). The van der Waals surface area contributed by atoms with Crippen LogP contribution in [0.3, 0.4) is 0 Å². The molecule has 0 radical (unpaired) electrons. The quantitative estimate of drug-likeness (QED) is 0.859. The van der Waals surface area contributed by atoms with Gasteiger partial charge in [-0.15, -0.1) is 0 Å². The molecule has 0 bridgehead atoms. The van der Waals surface area contributed by atoms with Gasteiger partial charge in [0.1, 0.15) is 5.75 Å². The third kappa shape index (κ3) is 3.51. The van der Waals surface area contributed by atoms with Gasteiger partial charge in [-0.2, -0.15) is 0 Å². The maximum absolute atomic E-state index is 12.2. The number of aliphatic hydroxyl groups is 1. The van der Waals surface area contributed by atoms with E-state index in [0.717, 1.165) is 16.7 Å². The number of carbonyl (C=O) groups excluding carboxylic acids is 1. The Morgan fingerprint density at radius 2 is 2.22 bits per heavy atom. The zero-order chi connectivity index (χ0) is 16.2. The summed E-state index contributed by atoms with van der Waals surface area (Å²) in [6.45, 7) is 0.575. The number of ether oxygens (including phenoxy) is 1. The van der Waals surface area contributed by atoms with Crippen LogP contribution < -0.4 is 10.1 Å². The Kier molecular flexibility index (Phi) is 4.57. The lowest BCUT2D eigenvalue weighted by Crippen LogP contribution is -2.19. The number of hydrogen-bond donors (Lipinski definition) is 2. The molecule has 23 heavy (non-hydrogen) atoms. The lowest BCUT2D eigenvalue weighted by Gasteiger charge is -2.13. The number of aliphatic hydroxyl groups excluding tert-OH is 1. The first kappa shape index (κ1) is 15.5. The summed E-state index contributed by atoms with van der Waals surface area (Å²) >= 11 is 0. The molecule has 1 aromatic heterocycles. The summed E-state index contributed by atoms with van der Waals surface area (Å²) in [6, 6.07) is 7.27. The average Bonchev–Trinajstić information content (AvgIpc) is 3.43. The Morgan fingerprint density at radius 1 is 1.39 bits per heavy atom. The molecule has 5 nitrogen and oxygen atoms in total. The van der Waals surface area contributed by atoms with E-state index < -0.39 is 0 Å². The van der Waals surface area contributed by atoms with Gasteiger partial charge in [-0.1, -0.05) is 6.07 Å². The summed E-state index contributed by atoms with van der Waals surface area (Å²) in [7, 11) is 1.60. The molecule has 1 aromatic carbocycles. The number of nitrogens with one attached hydrogen (secondary N) is 1. The van der Waals surface area contributed by atoms with Crippen molar-refractivity contribution < 1.29 is 14.6 Å². The second kappa shape index (κ2) is 6.79. The van der Waals surface area contributed by atoms with Crippen molar-refractivity contribution in [3.05, 3.63) is 47.8 Å². The van der Waals surface area contributed by atoms with Gasteiger partial charge >= 0.3 is 0 Å². The predicted octanol–water partition coefficient (Wildman–Crippen LogP) is 2.39. The summed E-state index contributed by atoms with van der Waals surface area (Å²) < 4.78 is 5.81. The molecule has 1 aliphatic rings. The molecule has 120 valence electrons. The van der Waals surface area contributed by atoms with Crippen molar-refractivity contribution in [1.29, 1.82) is 0 Å². The van der Waals surface area contributed by atoms with E-state index >= 15 is 0 Å². The third-order valence-corrected chi connectivity index (χ3v) is 4.02. The summed E-state index contributed by atoms with van der Waals surface area (Å²) in [4.78, 5) is 16.3. The minimum Gasteiger partial charge on any atom is -0.492 e. The van der Waals surface area contributed by atoms with Crippen molar-refractivity contribution in [2.24, 2.45) is 5.92 Å². The molecule has 0 aliphatic heterocycles. The van der Waals surface area contributed by atoms with E-state index in [2.05, 4.69) is 10.3 Å². The van der Waals surface area contributed by atoms with E-state index in [1.807, 2.05) is 12.1 Å². The monoisotopic (exact) mass is 312 g/mol. The van der Waals surface area contributed by atoms with Gasteiger partial charge < -0.3 is 15.2 Å². The maximum Gasteiger partial charge on any atom is 0.254 e. The van der Waals surface area contributed by atoms with Gasteiger partial charge in [-0.25, -0.2) is 0 Å².